The Morgan fingerprint density at radius 3 is 3.00 bits per heavy atom. The molecule has 0 fully saturated rings. The normalized spacial score (nSPS) is 10.6. The molecule has 2 heteroatoms. The number of nitrogens with zero attached hydrogens (tertiary/aromatic N) is 2. The number of fused-ring (bicyclic) bond motifs is 1. The Bertz CT molecular complexity index is 435. The summed E-state index contributed by atoms with van der Waals surface area (Å²) in [5.41, 5.74) is 3.20. The van der Waals surface area contributed by atoms with Crippen LogP contribution in [0.1, 0.15) is 18.3 Å². The van der Waals surface area contributed by atoms with Crippen molar-refractivity contribution in [1.82, 2.24) is 9.97 Å². The fraction of sp³-hybridized carbons (Fsp3) is 0.273. The molecule has 2 aromatic heterocycles. The third-order valence-corrected chi connectivity index (χ3v) is 2.12. The molecule has 0 aliphatic rings. The Labute approximate surface area is 77.6 Å². The van der Waals surface area contributed by atoms with Gasteiger partial charge in [0.25, 0.3) is 0 Å². The Balaban J connectivity index is 2.81. The van der Waals surface area contributed by atoms with Gasteiger partial charge in [-0.15, -0.1) is 0 Å². The Morgan fingerprint density at radius 1 is 1.38 bits per heavy atom. The van der Waals surface area contributed by atoms with Crippen molar-refractivity contribution in [2.24, 2.45) is 0 Å². The summed E-state index contributed by atoms with van der Waals surface area (Å²) in [6.07, 6.45) is 2.76. The van der Waals surface area contributed by atoms with Gasteiger partial charge in [-0.05, 0) is 25.5 Å². The Morgan fingerprint density at radius 2 is 2.23 bits per heavy atom. The fourth-order valence-electron chi connectivity index (χ4n) is 1.54. The first kappa shape index (κ1) is 8.17. The summed E-state index contributed by atoms with van der Waals surface area (Å²) in [5.74, 6) is 0. The molecular formula is C11H12N2. The zero-order chi connectivity index (χ0) is 9.26. The largest absolute Gasteiger partial charge is 0.256 e. The molecule has 2 aromatic rings. The SMILES string of the molecule is CCc1nc(C)cc2cccnc12. The van der Waals surface area contributed by atoms with Crippen molar-refractivity contribution in [2.75, 3.05) is 0 Å². The van der Waals surface area contributed by atoms with Crippen LogP contribution in [0.15, 0.2) is 24.4 Å². The van der Waals surface area contributed by atoms with Crippen LogP contribution < -0.4 is 0 Å². The van der Waals surface area contributed by atoms with E-state index >= 15 is 0 Å². The molecule has 0 aliphatic carbocycles. The molecule has 0 radical (unpaired) electrons. The van der Waals surface area contributed by atoms with Gasteiger partial charge in [0.2, 0.25) is 0 Å². The second-order valence-electron chi connectivity index (χ2n) is 3.14. The third-order valence-electron chi connectivity index (χ3n) is 2.12. The molecule has 0 spiro atoms. The second kappa shape index (κ2) is 3.13. The van der Waals surface area contributed by atoms with Gasteiger partial charge < -0.3 is 0 Å². The zero-order valence-corrected chi connectivity index (χ0v) is 7.91. The molecule has 0 unspecified atom stereocenters. The smallest absolute Gasteiger partial charge is 0.0917 e. The molecule has 66 valence electrons. The minimum absolute atomic E-state index is 0.940. The standard InChI is InChI=1S/C11H12N2/c1-3-10-11-9(5-4-6-12-11)7-8(2)13-10/h4-7H,3H2,1-2H3. The molecule has 2 nitrogen and oxygen atoms in total. The predicted molar refractivity (Wildman–Crippen MR) is 53.7 cm³/mol. The van der Waals surface area contributed by atoms with Gasteiger partial charge in [-0.25, -0.2) is 0 Å². The maximum Gasteiger partial charge on any atom is 0.0917 e. The molecule has 13 heavy (non-hydrogen) atoms. The fourth-order valence-corrected chi connectivity index (χ4v) is 1.54. The predicted octanol–water partition coefficient (Wildman–Crippen LogP) is 2.50. The van der Waals surface area contributed by atoms with Crippen LogP contribution in [0.2, 0.25) is 0 Å². The lowest BCUT2D eigenvalue weighted by atomic mass is 10.1. The lowest BCUT2D eigenvalue weighted by Crippen LogP contribution is -1.93. The van der Waals surface area contributed by atoms with E-state index in [-0.39, 0.29) is 0 Å². The number of aromatic nitrogens is 2. The van der Waals surface area contributed by atoms with E-state index in [4.69, 9.17) is 0 Å². The topological polar surface area (TPSA) is 25.8 Å². The van der Waals surface area contributed by atoms with E-state index in [0.717, 1.165) is 23.3 Å². The molecule has 0 N–H and O–H groups in total. The summed E-state index contributed by atoms with van der Waals surface area (Å²) in [6, 6.07) is 6.11. The van der Waals surface area contributed by atoms with Crippen LogP contribution in [-0.2, 0) is 6.42 Å². The number of pyridine rings is 2. The zero-order valence-electron chi connectivity index (χ0n) is 7.91. The van der Waals surface area contributed by atoms with E-state index in [1.165, 1.54) is 5.39 Å². The van der Waals surface area contributed by atoms with E-state index in [9.17, 15) is 0 Å². The van der Waals surface area contributed by atoms with Gasteiger partial charge in [-0.3, -0.25) is 9.97 Å². The van der Waals surface area contributed by atoms with Gasteiger partial charge in [-0.1, -0.05) is 13.0 Å². The maximum absolute atomic E-state index is 4.46. The highest BCUT2D eigenvalue weighted by Gasteiger charge is 2.01. The van der Waals surface area contributed by atoms with Gasteiger partial charge in [0.15, 0.2) is 0 Å². The molecule has 0 saturated heterocycles. The third kappa shape index (κ3) is 1.39. The molecule has 0 aromatic carbocycles. The van der Waals surface area contributed by atoms with Crippen LogP contribution in [-0.4, -0.2) is 9.97 Å². The van der Waals surface area contributed by atoms with Crippen LogP contribution in [0.3, 0.4) is 0 Å². The maximum atomic E-state index is 4.46. The number of aryl methyl sites for hydroxylation is 2. The van der Waals surface area contributed by atoms with Crippen LogP contribution in [0.4, 0.5) is 0 Å². The highest BCUT2D eigenvalue weighted by molar-refractivity contribution is 5.80. The van der Waals surface area contributed by atoms with Gasteiger partial charge >= 0.3 is 0 Å². The first-order chi connectivity index (χ1) is 6.31. The van der Waals surface area contributed by atoms with Crippen molar-refractivity contribution in [3.05, 3.63) is 35.8 Å². The lowest BCUT2D eigenvalue weighted by molar-refractivity contribution is 1.02. The summed E-state index contributed by atoms with van der Waals surface area (Å²) < 4.78 is 0. The first-order valence-corrected chi connectivity index (χ1v) is 4.52. The Kier molecular flexibility index (Phi) is 1.97. The van der Waals surface area contributed by atoms with Gasteiger partial charge in [-0.2, -0.15) is 0 Å². The summed E-state index contributed by atoms with van der Waals surface area (Å²) in [7, 11) is 0. The lowest BCUT2D eigenvalue weighted by Gasteiger charge is -2.03. The average molecular weight is 172 g/mol. The summed E-state index contributed by atoms with van der Waals surface area (Å²) >= 11 is 0. The monoisotopic (exact) mass is 172 g/mol. The van der Waals surface area contributed by atoms with E-state index < -0.39 is 0 Å². The quantitative estimate of drug-likeness (QED) is 0.660. The highest BCUT2D eigenvalue weighted by Crippen LogP contribution is 2.15. The molecule has 2 rings (SSSR count). The number of rotatable bonds is 1. The van der Waals surface area contributed by atoms with E-state index in [2.05, 4.69) is 29.0 Å². The summed E-state index contributed by atoms with van der Waals surface area (Å²) in [5, 5.41) is 1.19. The highest BCUT2D eigenvalue weighted by atomic mass is 14.8. The molecule has 0 bridgehead atoms. The summed E-state index contributed by atoms with van der Waals surface area (Å²) in [6.45, 7) is 4.13. The minimum Gasteiger partial charge on any atom is -0.256 e. The summed E-state index contributed by atoms with van der Waals surface area (Å²) in [4.78, 5) is 8.79. The second-order valence-corrected chi connectivity index (χ2v) is 3.14. The van der Waals surface area contributed by atoms with Crippen molar-refractivity contribution in [3.63, 3.8) is 0 Å². The van der Waals surface area contributed by atoms with Crippen LogP contribution in [0, 0.1) is 6.92 Å². The van der Waals surface area contributed by atoms with Crippen molar-refractivity contribution in [1.29, 1.82) is 0 Å². The van der Waals surface area contributed by atoms with Gasteiger partial charge in [0, 0.05) is 17.3 Å². The van der Waals surface area contributed by atoms with E-state index in [0.29, 0.717) is 0 Å². The van der Waals surface area contributed by atoms with Gasteiger partial charge in [0.05, 0.1) is 11.2 Å². The van der Waals surface area contributed by atoms with E-state index in [1.54, 1.807) is 0 Å². The molecule has 0 atom stereocenters. The van der Waals surface area contributed by atoms with Crippen molar-refractivity contribution in [2.45, 2.75) is 20.3 Å². The Hall–Kier alpha value is -1.44. The number of hydrogen-bond donors (Lipinski definition) is 0. The average Bonchev–Trinajstić information content (AvgIpc) is 2.16. The molecule has 0 aliphatic heterocycles. The van der Waals surface area contributed by atoms with Crippen LogP contribution >= 0.6 is 0 Å². The first-order valence-electron chi connectivity index (χ1n) is 4.52. The van der Waals surface area contributed by atoms with Crippen molar-refractivity contribution < 1.29 is 0 Å². The van der Waals surface area contributed by atoms with Crippen molar-refractivity contribution >= 4 is 10.9 Å². The van der Waals surface area contributed by atoms with Crippen LogP contribution in [0.25, 0.3) is 10.9 Å². The van der Waals surface area contributed by atoms with Gasteiger partial charge in [0.1, 0.15) is 0 Å². The molecule has 0 amide bonds. The van der Waals surface area contributed by atoms with Crippen molar-refractivity contribution in [3.8, 4) is 0 Å². The number of hydrogen-bond acceptors (Lipinski definition) is 2. The van der Waals surface area contributed by atoms with Crippen LogP contribution in [0.5, 0.6) is 0 Å². The molecule has 0 saturated carbocycles. The molecular weight excluding hydrogens is 160 g/mol. The molecule has 2 heterocycles. The van der Waals surface area contributed by atoms with E-state index in [1.807, 2.05) is 19.2 Å². The minimum atomic E-state index is 0.940.